The molecule has 4 amide bonds. The summed E-state index contributed by atoms with van der Waals surface area (Å²) >= 11 is 0. The lowest BCUT2D eigenvalue weighted by molar-refractivity contribution is -0.133. The van der Waals surface area contributed by atoms with E-state index in [2.05, 4.69) is 0 Å². The number of rotatable bonds is 7. The maximum absolute atomic E-state index is 14.3. The Morgan fingerprint density at radius 3 is 0.635 bits per heavy atom. The number of hydrogen-bond donors (Lipinski definition) is 0. The summed E-state index contributed by atoms with van der Waals surface area (Å²) in [6, 6.07) is 16.1. The molecule has 2 aliphatic heterocycles. The molecule has 52 heavy (non-hydrogen) atoms. The zero-order valence-corrected chi connectivity index (χ0v) is 33.6. The zero-order chi connectivity index (χ0) is 38.1. The van der Waals surface area contributed by atoms with Crippen molar-refractivity contribution in [2.45, 2.75) is 94.1 Å². The standard InChI is InChI=1S/C42H46N4O4S2/c1-21-13-25(5)33(26(6)14-21)43-37(47)38(48)44(34-27(7)15-22(2)16-28(34)8)41(43)51-52-42-45(35-29(9)17-23(3)18-30(35)10)39(49)40(50)46(42)36-31(11)19-24(4)20-32(36)12/h13-20,41-42H,1-12H3. The van der Waals surface area contributed by atoms with Crippen molar-refractivity contribution in [3.63, 3.8) is 0 Å². The fraction of sp³-hybridized carbons (Fsp3) is 0.333. The van der Waals surface area contributed by atoms with Crippen LogP contribution in [0.25, 0.3) is 0 Å². The molecular weight excluding hydrogens is 689 g/mol. The first kappa shape index (κ1) is 37.2. The summed E-state index contributed by atoms with van der Waals surface area (Å²) < 4.78 is 0. The van der Waals surface area contributed by atoms with E-state index in [0.29, 0.717) is 22.7 Å². The Labute approximate surface area is 314 Å². The van der Waals surface area contributed by atoms with Crippen LogP contribution >= 0.6 is 21.6 Å². The van der Waals surface area contributed by atoms with Crippen LogP contribution < -0.4 is 19.6 Å². The van der Waals surface area contributed by atoms with Crippen LogP contribution in [0.4, 0.5) is 22.7 Å². The molecule has 0 spiro atoms. The highest BCUT2D eigenvalue weighted by molar-refractivity contribution is 8.77. The minimum absolute atomic E-state index is 0.629. The smallest absolute Gasteiger partial charge is 0.272 e. The van der Waals surface area contributed by atoms with Gasteiger partial charge in [-0.1, -0.05) is 70.8 Å². The highest BCUT2D eigenvalue weighted by atomic mass is 33.1. The van der Waals surface area contributed by atoms with Gasteiger partial charge in [-0.2, -0.15) is 0 Å². The first-order valence-corrected chi connectivity index (χ1v) is 19.7. The van der Waals surface area contributed by atoms with Crippen LogP contribution in [0.5, 0.6) is 0 Å². The van der Waals surface area contributed by atoms with Gasteiger partial charge in [0.25, 0.3) is 0 Å². The quantitative estimate of drug-likeness (QED) is 0.140. The van der Waals surface area contributed by atoms with Gasteiger partial charge in [-0.25, -0.2) is 0 Å². The Bertz CT molecular complexity index is 1810. The van der Waals surface area contributed by atoms with E-state index in [0.717, 1.165) is 66.8 Å². The molecule has 0 aliphatic carbocycles. The van der Waals surface area contributed by atoms with Crippen LogP contribution in [0.15, 0.2) is 48.5 Å². The number of aryl methyl sites for hydroxylation is 12. The highest BCUT2D eigenvalue weighted by Crippen LogP contribution is 2.50. The Morgan fingerprint density at radius 1 is 0.327 bits per heavy atom. The van der Waals surface area contributed by atoms with Crippen molar-refractivity contribution in [2.24, 2.45) is 0 Å². The SMILES string of the molecule is Cc1cc(C)c(N2C(=O)C(=O)N(c3c(C)cc(C)cc3C)C2SSC2N(c3c(C)cc(C)cc3C)C(=O)C(=O)N2c2c(C)cc(C)cc2C)c(C)c1. The molecule has 0 unspecified atom stereocenters. The van der Waals surface area contributed by atoms with E-state index < -0.39 is 34.6 Å². The molecule has 2 saturated heterocycles. The normalized spacial score (nSPS) is 15.7. The van der Waals surface area contributed by atoms with Gasteiger partial charge in [0.1, 0.15) is 0 Å². The van der Waals surface area contributed by atoms with Crippen molar-refractivity contribution in [3.05, 3.63) is 115 Å². The predicted octanol–water partition coefficient (Wildman–Crippen LogP) is 8.80. The van der Waals surface area contributed by atoms with Crippen molar-refractivity contribution in [1.82, 2.24) is 0 Å². The second-order valence-corrected chi connectivity index (χ2v) is 16.9. The molecular formula is C42H46N4O4S2. The summed E-state index contributed by atoms with van der Waals surface area (Å²) in [6.45, 7) is 23.7. The summed E-state index contributed by atoms with van der Waals surface area (Å²) in [5.41, 5.74) is 12.3. The number of nitrogens with zero attached hydrogens (tertiary/aromatic N) is 4. The van der Waals surface area contributed by atoms with E-state index in [-0.39, 0.29) is 0 Å². The summed E-state index contributed by atoms with van der Waals surface area (Å²) in [5.74, 6) is -2.52. The first-order valence-electron chi connectivity index (χ1n) is 17.4. The van der Waals surface area contributed by atoms with Gasteiger partial charge in [-0.3, -0.25) is 38.8 Å². The van der Waals surface area contributed by atoms with Crippen LogP contribution in [0.3, 0.4) is 0 Å². The van der Waals surface area contributed by atoms with Crippen LogP contribution in [0, 0.1) is 83.1 Å². The summed E-state index contributed by atoms with van der Waals surface area (Å²) in [7, 11) is 2.62. The Morgan fingerprint density at radius 2 is 0.481 bits per heavy atom. The lowest BCUT2D eigenvalue weighted by atomic mass is 10.0. The molecule has 4 aromatic rings. The van der Waals surface area contributed by atoms with Gasteiger partial charge in [0.05, 0.1) is 22.7 Å². The molecule has 0 saturated carbocycles. The maximum atomic E-state index is 14.3. The number of carbonyl (C=O) groups excluding carboxylic acids is 4. The van der Waals surface area contributed by atoms with Crippen molar-refractivity contribution in [1.29, 1.82) is 0 Å². The highest BCUT2D eigenvalue weighted by Gasteiger charge is 2.53. The monoisotopic (exact) mass is 734 g/mol. The van der Waals surface area contributed by atoms with Crippen molar-refractivity contribution >= 4 is 68.0 Å². The third kappa shape index (κ3) is 6.19. The Kier molecular flexibility index (Phi) is 9.87. The molecule has 0 radical (unpaired) electrons. The molecule has 4 aromatic carbocycles. The third-order valence-electron chi connectivity index (χ3n) is 9.86. The van der Waals surface area contributed by atoms with Gasteiger partial charge in [0.2, 0.25) is 0 Å². The molecule has 2 aliphatic rings. The van der Waals surface area contributed by atoms with Crippen molar-refractivity contribution in [2.75, 3.05) is 19.6 Å². The molecule has 10 heteroatoms. The average molecular weight is 735 g/mol. The molecule has 2 fully saturated rings. The van der Waals surface area contributed by atoms with Gasteiger partial charge in [-0.05, 0) is 149 Å². The van der Waals surface area contributed by atoms with E-state index in [1.54, 1.807) is 19.6 Å². The van der Waals surface area contributed by atoms with E-state index in [9.17, 15) is 19.2 Å². The third-order valence-corrected chi connectivity index (χ3v) is 12.5. The summed E-state index contributed by atoms with van der Waals surface area (Å²) in [4.78, 5) is 63.5. The van der Waals surface area contributed by atoms with Crippen LogP contribution in [-0.4, -0.2) is 34.6 Å². The molecule has 270 valence electrons. The number of hydrogen-bond acceptors (Lipinski definition) is 6. The van der Waals surface area contributed by atoms with Crippen LogP contribution in [0.2, 0.25) is 0 Å². The number of amides is 4. The fourth-order valence-electron chi connectivity index (χ4n) is 8.37. The van der Waals surface area contributed by atoms with Gasteiger partial charge in [-0.15, -0.1) is 0 Å². The number of carbonyl (C=O) groups is 4. The van der Waals surface area contributed by atoms with Crippen LogP contribution in [-0.2, 0) is 19.2 Å². The Hall–Kier alpha value is -4.54. The van der Waals surface area contributed by atoms with E-state index in [1.807, 2.05) is 132 Å². The van der Waals surface area contributed by atoms with Crippen molar-refractivity contribution < 1.29 is 19.2 Å². The lowest BCUT2D eigenvalue weighted by Gasteiger charge is -2.35. The topological polar surface area (TPSA) is 81.2 Å². The minimum Gasteiger partial charge on any atom is -0.272 e. The predicted molar refractivity (Wildman–Crippen MR) is 215 cm³/mol. The molecule has 2 heterocycles. The molecule has 8 nitrogen and oxygen atoms in total. The van der Waals surface area contributed by atoms with Crippen molar-refractivity contribution in [3.8, 4) is 0 Å². The first-order chi connectivity index (χ1) is 24.4. The second kappa shape index (κ2) is 13.8. The minimum atomic E-state index is -0.833. The van der Waals surface area contributed by atoms with E-state index >= 15 is 0 Å². The number of anilines is 4. The van der Waals surface area contributed by atoms with Gasteiger partial charge < -0.3 is 0 Å². The zero-order valence-electron chi connectivity index (χ0n) is 32.0. The van der Waals surface area contributed by atoms with Gasteiger partial charge in [0.15, 0.2) is 11.0 Å². The molecule has 0 N–H and O–H groups in total. The maximum Gasteiger partial charge on any atom is 0.319 e. The molecule has 0 bridgehead atoms. The molecule has 6 rings (SSSR count). The van der Waals surface area contributed by atoms with E-state index in [4.69, 9.17) is 0 Å². The average Bonchev–Trinajstić information content (AvgIpc) is 3.39. The Balaban J connectivity index is 1.55. The largest absolute Gasteiger partial charge is 0.319 e. The van der Waals surface area contributed by atoms with E-state index in [1.165, 1.54) is 21.6 Å². The molecule has 0 atom stereocenters. The fourth-order valence-corrected chi connectivity index (χ4v) is 11.4. The van der Waals surface area contributed by atoms with Gasteiger partial charge in [0, 0.05) is 0 Å². The summed E-state index contributed by atoms with van der Waals surface area (Å²) in [5, 5.41) is 0. The summed E-state index contributed by atoms with van der Waals surface area (Å²) in [6.07, 6.45) is 0. The second-order valence-electron chi connectivity index (χ2n) is 14.5. The molecule has 0 aromatic heterocycles. The van der Waals surface area contributed by atoms with Crippen LogP contribution in [0.1, 0.15) is 66.8 Å². The number of benzene rings is 4. The van der Waals surface area contributed by atoms with Gasteiger partial charge >= 0.3 is 23.6 Å². The lowest BCUT2D eigenvalue weighted by Crippen LogP contribution is -2.41.